The number of para-hydroxylation sites is 2. The zero-order valence-corrected chi connectivity index (χ0v) is 24.1. The van der Waals surface area contributed by atoms with E-state index in [-0.39, 0.29) is 11.8 Å². The van der Waals surface area contributed by atoms with Gasteiger partial charge in [-0.3, -0.25) is 14.5 Å². The Morgan fingerprint density at radius 3 is 2.52 bits per heavy atom. The lowest BCUT2D eigenvalue weighted by atomic mass is 10.0. The van der Waals surface area contributed by atoms with Gasteiger partial charge in [0, 0.05) is 62.5 Å². The summed E-state index contributed by atoms with van der Waals surface area (Å²) in [5.41, 5.74) is 10.3. The molecule has 1 aliphatic rings. The molecule has 1 aliphatic heterocycles. The molecule has 0 aromatic heterocycles. The van der Waals surface area contributed by atoms with E-state index in [9.17, 15) is 9.59 Å². The normalized spacial score (nSPS) is 15.6. The van der Waals surface area contributed by atoms with Crippen LogP contribution in [0.2, 0.25) is 5.02 Å². The number of ether oxygens (including phenoxy) is 1. The predicted molar refractivity (Wildman–Crippen MR) is 161 cm³/mol. The zero-order valence-electron chi connectivity index (χ0n) is 23.4. The molecular weight excluding hydrogens is 524 g/mol. The van der Waals surface area contributed by atoms with Crippen molar-refractivity contribution in [1.29, 1.82) is 0 Å². The van der Waals surface area contributed by atoms with Gasteiger partial charge in [0.25, 0.3) is 0 Å². The molecule has 0 saturated heterocycles. The summed E-state index contributed by atoms with van der Waals surface area (Å²) in [5.74, 6) is 0.724. The van der Waals surface area contributed by atoms with Crippen LogP contribution >= 0.6 is 11.6 Å². The highest BCUT2D eigenvalue weighted by Crippen LogP contribution is 2.25. The van der Waals surface area contributed by atoms with Gasteiger partial charge in [-0.1, -0.05) is 60.1 Å². The average molecular weight is 563 g/mol. The summed E-state index contributed by atoms with van der Waals surface area (Å²) in [6.07, 6.45) is 1.19. The third kappa shape index (κ3) is 7.84. The van der Waals surface area contributed by atoms with Crippen LogP contribution in [0.25, 0.3) is 0 Å². The average Bonchev–Trinajstić information content (AvgIpc) is 2.97. The standard InChI is InChI=1S/C32H39ClN4O3/c1-3-40-31-15-7-5-12-27(31)22-35-16-9-17-37(24(2)38)30-14-6-4-11-26(30)23-36(19-18-35)32(39)29(34)21-25-10-8-13-28(33)20-25/h4-8,10-15,20,29H,3,9,16-19,21-23,34H2,1-2H3/t29-/m0/s1. The number of nitrogens with two attached hydrogens (primary N) is 1. The van der Waals surface area contributed by atoms with Gasteiger partial charge in [0.2, 0.25) is 11.8 Å². The number of fused-ring (bicyclic) bond motifs is 1. The Morgan fingerprint density at radius 2 is 1.75 bits per heavy atom. The molecule has 2 amide bonds. The van der Waals surface area contributed by atoms with Gasteiger partial charge in [-0.15, -0.1) is 0 Å². The molecule has 1 atom stereocenters. The molecule has 8 heteroatoms. The Hall–Kier alpha value is -3.39. The van der Waals surface area contributed by atoms with Crippen molar-refractivity contribution in [2.24, 2.45) is 5.73 Å². The van der Waals surface area contributed by atoms with Gasteiger partial charge in [0.05, 0.1) is 12.6 Å². The number of hydrogen-bond acceptors (Lipinski definition) is 5. The monoisotopic (exact) mass is 562 g/mol. The third-order valence-corrected chi connectivity index (χ3v) is 7.44. The van der Waals surface area contributed by atoms with Gasteiger partial charge < -0.3 is 20.3 Å². The highest BCUT2D eigenvalue weighted by atomic mass is 35.5. The minimum Gasteiger partial charge on any atom is -0.494 e. The molecule has 0 radical (unpaired) electrons. The summed E-state index contributed by atoms with van der Waals surface area (Å²) in [5, 5.41) is 0.619. The first-order valence-corrected chi connectivity index (χ1v) is 14.3. The second kappa shape index (κ2) is 14.3. The molecule has 0 fully saturated rings. The highest BCUT2D eigenvalue weighted by Gasteiger charge is 2.26. The SMILES string of the molecule is CCOc1ccccc1CN1CCCN(C(C)=O)c2ccccc2CN(C(=O)[C@@H](N)Cc2cccc(Cl)c2)CC1. The van der Waals surface area contributed by atoms with Crippen LogP contribution in [0.5, 0.6) is 5.75 Å². The van der Waals surface area contributed by atoms with E-state index in [4.69, 9.17) is 22.1 Å². The topological polar surface area (TPSA) is 79.1 Å². The number of amides is 2. The Morgan fingerprint density at radius 1 is 0.975 bits per heavy atom. The number of nitrogens with zero attached hydrogens (tertiary/aromatic N) is 3. The molecule has 212 valence electrons. The molecule has 0 aliphatic carbocycles. The van der Waals surface area contributed by atoms with E-state index in [1.165, 1.54) is 0 Å². The molecule has 4 rings (SSSR count). The maximum absolute atomic E-state index is 13.8. The van der Waals surface area contributed by atoms with Gasteiger partial charge in [-0.25, -0.2) is 0 Å². The van der Waals surface area contributed by atoms with Gasteiger partial charge in [0.15, 0.2) is 0 Å². The second-order valence-corrected chi connectivity index (χ2v) is 10.6. The fourth-order valence-electron chi connectivity index (χ4n) is 5.22. The van der Waals surface area contributed by atoms with Crippen LogP contribution in [0, 0.1) is 0 Å². The molecule has 7 nitrogen and oxygen atoms in total. The van der Waals surface area contributed by atoms with Crippen LogP contribution < -0.4 is 15.4 Å². The van der Waals surface area contributed by atoms with Crippen molar-refractivity contribution in [2.75, 3.05) is 37.7 Å². The van der Waals surface area contributed by atoms with E-state index >= 15 is 0 Å². The molecule has 2 N–H and O–H groups in total. The summed E-state index contributed by atoms with van der Waals surface area (Å²) in [6, 6.07) is 22.6. The van der Waals surface area contributed by atoms with Crippen molar-refractivity contribution < 1.29 is 14.3 Å². The van der Waals surface area contributed by atoms with Crippen molar-refractivity contribution in [3.8, 4) is 5.75 Å². The first kappa shape index (κ1) is 29.6. The van der Waals surface area contributed by atoms with Crippen LogP contribution in [0.4, 0.5) is 5.69 Å². The van der Waals surface area contributed by atoms with Gasteiger partial charge in [-0.05, 0) is 55.2 Å². The van der Waals surface area contributed by atoms with E-state index in [0.717, 1.165) is 41.1 Å². The molecule has 1 heterocycles. The maximum Gasteiger partial charge on any atom is 0.240 e. The van der Waals surface area contributed by atoms with Gasteiger partial charge in [0.1, 0.15) is 5.75 Å². The van der Waals surface area contributed by atoms with Crippen LogP contribution in [0.15, 0.2) is 72.8 Å². The summed E-state index contributed by atoms with van der Waals surface area (Å²) < 4.78 is 5.88. The Balaban J connectivity index is 1.62. The van der Waals surface area contributed by atoms with Crippen molar-refractivity contribution in [3.63, 3.8) is 0 Å². The van der Waals surface area contributed by atoms with Crippen LogP contribution in [0.3, 0.4) is 0 Å². The van der Waals surface area contributed by atoms with Crippen LogP contribution in [0.1, 0.15) is 37.0 Å². The Kier molecular flexibility index (Phi) is 10.6. The number of anilines is 1. The molecule has 3 aromatic carbocycles. The minimum atomic E-state index is -0.716. The fraction of sp³-hybridized carbons (Fsp3) is 0.375. The number of rotatable bonds is 7. The predicted octanol–water partition coefficient (Wildman–Crippen LogP) is 4.90. The van der Waals surface area contributed by atoms with E-state index in [1.807, 2.05) is 83.5 Å². The van der Waals surface area contributed by atoms with Crippen molar-refractivity contribution in [3.05, 3.63) is 94.5 Å². The molecule has 0 saturated carbocycles. The maximum atomic E-state index is 13.8. The fourth-order valence-corrected chi connectivity index (χ4v) is 5.44. The highest BCUT2D eigenvalue weighted by molar-refractivity contribution is 6.30. The molecular formula is C32H39ClN4O3. The Bertz CT molecular complexity index is 1300. The van der Waals surface area contributed by atoms with Gasteiger partial charge in [-0.2, -0.15) is 0 Å². The number of benzene rings is 3. The number of halogens is 1. The summed E-state index contributed by atoms with van der Waals surface area (Å²) in [7, 11) is 0. The van der Waals surface area contributed by atoms with E-state index in [2.05, 4.69) is 11.0 Å². The largest absolute Gasteiger partial charge is 0.494 e. The smallest absolute Gasteiger partial charge is 0.240 e. The van der Waals surface area contributed by atoms with Crippen molar-refractivity contribution >= 4 is 29.1 Å². The quantitative estimate of drug-likeness (QED) is 0.443. The summed E-state index contributed by atoms with van der Waals surface area (Å²) in [6.45, 7) is 7.75. The van der Waals surface area contributed by atoms with Crippen LogP contribution in [-0.2, 0) is 29.1 Å². The minimum absolute atomic E-state index is 0.0181. The van der Waals surface area contributed by atoms with Gasteiger partial charge >= 0.3 is 0 Å². The number of carbonyl (C=O) groups is 2. The van der Waals surface area contributed by atoms with E-state index < -0.39 is 6.04 Å². The van der Waals surface area contributed by atoms with E-state index in [1.54, 1.807) is 6.92 Å². The molecule has 0 unspecified atom stereocenters. The lowest BCUT2D eigenvalue weighted by Crippen LogP contribution is -2.47. The molecule has 0 spiro atoms. The Labute approximate surface area is 242 Å². The first-order chi connectivity index (χ1) is 19.4. The lowest BCUT2D eigenvalue weighted by molar-refractivity contribution is -0.133. The molecule has 40 heavy (non-hydrogen) atoms. The lowest BCUT2D eigenvalue weighted by Gasteiger charge is -2.30. The third-order valence-electron chi connectivity index (χ3n) is 7.21. The first-order valence-electron chi connectivity index (χ1n) is 13.9. The molecule has 3 aromatic rings. The summed E-state index contributed by atoms with van der Waals surface area (Å²) in [4.78, 5) is 32.5. The number of hydrogen-bond donors (Lipinski definition) is 1. The van der Waals surface area contributed by atoms with Crippen LogP contribution in [-0.4, -0.2) is 60.4 Å². The van der Waals surface area contributed by atoms with Crippen molar-refractivity contribution in [2.45, 2.75) is 45.8 Å². The van der Waals surface area contributed by atoms with Crippen molar-refractivity contribution in [1.82, 2.24) is 9.80 Å². The van der Waals surface area contributed by atoms with E-state index in [0.29, 0.717) is 50.8 Å². The molecule has 0 bridgehead atoms. The summed E-state index contributed by atoms with van der Waals surface area (Å²) >= 11 is 6.17. The number of carbonyl (C=O) groups excluding carboxylic acids is 2. The second-order valence-electron chi connectivity index (χ2n) is 10.2. The zero-order chi connectivity index (χ0) is 28.5.